The molecule has 1 saturated heterocycles. The Morgan fingerprint density at radius 3 is 2.71 bits per heavy atom. The first-order valence-corrected chi connectivity index (χ1v) is 11.0. The second-order valence-electron chi connectivity index (χ2n) is 7.94. The average molecular weight is 437 g/mol. The van der Waals surface area contributed by atoms with Gasteiger partial charge in [-0.15, -0.1) is 0 Å². The number of carbonyl (C=O) groups is 1. The third-order valence-electron chi connectivity index (χ3n) is 5.89. The Hall–Kier alpha value is -2.90. The highest BCUT2D eigenvalue weighted by atomic mass is 32.1. The van der Waals surface area contributed by atoms with E-state index >= 15 is 0 Å². The van der Waals surface area contributed by atoms with Crippen LogP contribution in [0.4, 0.5) is 0 Å². The summed E-state index contributed by atoms with van der Waals surface area (Å²) in [4.78, 5) is 12.7. The summed E-state index contributed by atoms with van der Waals surface area (Å²) in [7, 11) is 0. The molecule has 0 radical (unpaired) electrons. The van der Waals surface area contributed by atoms with E-state index in [4.69, 9.17) is 17.0 Å². The zero-order chi connectivity index (χ0) is 21.8. The molecule has 2 heterocycles. The smallest absolute Gasteiger partial charge is 0.269 e. The molecule has 7 heteroatoms. The SMILES string of the molecule is Cc1c(C)n(Cc2ccccc2)c2ccc(C(=O)NNC(=S)NCC3CCCO3)cc12. The number of hydrogen-bond acceptors (Lipinski definition) is 3. The lowest BCUT2D eigenvalue weighted by atomic mass is 10.1. The first-order chi connectivity index (χ1) is 15.0. The second kappa shape index (κ2) is 9.49. The number of aryl methyl sites for hydroxylation is 1. The molecule has 0 saturated carbocycles. The topological polar surface area (TPSA) is 67.3 Å². The fourth-order valence-corrected chi connectivity index (χ4v) is 4.14. The van der Waals surface area contributed by atoms with Crippen LogP contribution in [0.15, 0.2) is 48.5 Å². The summed E-state index contributed by atoms with van der Waals surface area (Å²) in [6.07, 6.45) is 2.30. The number of hydrazine groups is 1. The minimum Gasteiger partial charge on any atom is -0.376 e. The van der Waals surface area contributed by atoms with Gasteiger partial charge in [0, 0.05) is 41.9 Å². The van der Waals surface area contributed by atoms with E-state index in [2.05, 4.69) is 58.8 Å². The number of nitrogens with one attached hydrogen (secondary N) is 3. The van der Waals surface area contributed by atoms with Gasteiger partial charge in [-0.1, -0.05) is 30.3 Å². The van der Waals surface area contributed by atoms with E-state index in [1.165, 1.54) is 16.8 Å². The number of benzene rings is 2. The van der Waals surface area contributed by atoms with Crippen LogP contribution < -0.4 is 16.2 Å². The minimum atomic E-state index is -0.226. The first-order valence-electron chi connectivity index (χ1n) is 10.6. The van der Waals surface area contributed by atoms with Crippen molar-refractivity contribution in [2.45, 2.75) is 39.3 Å². The molecular weight excluding hydrogens is 408 g/mol. The third kappa shape index (κ3) is 4.89. The molecule has 1 aromatic heterocycles. The van der Waals surface area contributed by atoms with Gasteiger partial charge in [0.1, 0.15) is 0 Å². The Labute approximate surface area is 187 Å². The van der Waals surface area contributed by atoms with E-state index in [0.29, 0.717) is 17.2 Å². The van der Waals surface area contributed by atoms with Crippen molar-refractivity contribution in [2.75, 3.05) is 13.2 Å². The molecule has 1 atom stereocenters. The quantitative estimate of drug-likeness (QED) is 0.421. The van der Waals surface area contributed by atoms with Gasteiger partial charge in [-0.25, -0.2) is 0 Å². The predicted octanol–water partition coefficient (Wildman–Crippen LogP) is 3.59. The second-order valence-corrected chi connectivity index (χ2v) is 8.35. The number of rotatable bonds is 5. The molecule has 4 rings (SSSR count). The molecule has 1 amide bonds. The van der Waals surface area contributed by atoms with Gasteiger partial charge < -0.3 is 14.6 Å². The number of nitrogens with zero attached hydrogens (tertiary/aromatic N) is 1. The molecule has 1 aliphatic rings. The number of hydrogen-bond donors (Lipinski definition) is 3. The Balaban J connectivity index is 1.43. The van der Waals surface area contributed by atoms with Crippen LogP contribution in [0.25, 0.3) is 10.9 Å². The number of amides is 1. The largest absolute Gasteiger partial charge is 0.376 e. The summed E-state index contributed by atoms with van der Waals surface area (Å²) in [6.45, 7) is 6.47. The van der Waals surface area contributed by atoms with Gasteiger partial charge in [0.2, 0.25) is 0 Å². The number of aromatic nitrogens is 1. The Morgan fingerprint density at radius 2 is 1.97 bits per heavy atom. The van der Waals surface area contributed by atoms with Crippen LogP contribution in [-0.2, 0) is 11.3 Å². The summed E-state index contributed by atoms with van der Waals surface area (Å²) in [6, 6.07) is 16.2. The molecule has 1 fully saturated rings. The predicted molar refractivity (Wildman–Crippen MR) is 127 cm³/mol. The zero-order valence-electron chi connectivity index (χ0n) is 17.9. The Kier molecular flexibility index (Phi) is 6.53. The summed E-state index contributed by atoms with van der Waals surface area (Å²) in [5.41, 5.74) is 10.8. The molecule has 1 aliphatic heterocycles. The van der Waals surface area contributed by atoms with Gasteiger partial charge in [0.05, 0.1) is 6.10 Å². The van der Waals surface area contributed by atoms with Crippen molar-refractivity contribution in [1.82, 2.24) is 20.7 Å². The number of carbonyl (C=O) groups excluding carboxylic acids is 1. The number of fused-ring (bicyclic) bond motifs is 1. The van der Waals surface area contributed by atoms with E-state index in [-0.39, 0.29) is 12.0 Å². The van der Waals surface area contributed by atoms with Crippen molar-refractivity contribution in [1.29, 1.82) is 0 Å². The van der Waals surface area contributed by atoms with E-state index in [1.807, 2.05) is 24.3 Å². The van der Waals surface area contributed by atoms with Gasteiger partial charge in [-0.2, -0.15) is 0 Å². The summed E-state index contributed by atoms with van der Waals surface area (Å²) in [5.74, 6) is -0.226. The van der Waals surface area contributed by atoms with Crippen LogP contribution in [0.1, 0.15) is 40.0 Å². The Bertz CT molecular complexity index is 1090. The number of thiocarbonyl (C=S) groups is 1. The fourth-order valence-electron chi connectivity index (χ4n) is 4.00. The summed E-state index contributed by atoms with van der Waals surface area (Å²) >= 11 is 5.24. The van der Waals surface area contributed by atoms with Crippen molar-refractivity contribution in [3.8, 4) is 0 Å². The highest BCUT2D eigenvalue weighted by Gasteiger charge is 2.16. The van der Waals surface area contributed by atoms with Gasteiger partial charge in [0.25, 0.3) is 5.91 Å². The third-order valence-corrected chi connectivity index (χ3v) is 6.13. The van der Waals surface area contributed by atoms with Crippen LogP contribution in [0.3, 0.4) is 0 Å². The van der Waals surface area contributed by atoms with E-state index in [9.17, 15) is 4.79 Å². The van der Waals surface area contributed by atoms with E-state index in [1.54, 1.807) is 0 Å². The van der Waals surface area contributed by atoms with E-state index < -0.39 is 0 Å². The lowest BCUT2D eigenvalue weighted by Crippen LogP contribution is -2.48. The highest BCUT2D eigenvalue weighted by molar-refractivity contribution is 7.80. The van der Waals surface area contributed by atoms with Crippen molar-refractivity contribution >= 4 is 34.1 Å². The molecule has 3 aromatic rings. The van der Waals surface area contributed by atoms with Crippen LogP contribution in [0.5, 0.6) is 0 Å². The number of ether oxygens (including phenoxy) is 1. The molecule has 3 N–H and O–H groups in total. The molecule has 2 aromatic carbocycles. The lowest BCUT2D eigenvalue weighted by molar-refractivity contribution is 0.0943. The molecular formula is C24H28N4O2S. The van der Waals surface area contributed by atoms with Crippen molar-refractivity contribution < 1.29 is 9.53 Å². The van der Waals surface area contributed by atoms with Crippen LogP contribution in [0.2, 0.25) is 0 Å². The molecule has 0 spiro atoms. The molecule has 162 valence electrons. The van der Waals surface area contributed by atoms with Gasteiger partial charge in [-0.3, -0.25) is 15.6 Å². The maximum Gasteiger partial charge on any atom is 0.269 e. The Morgan fingerprint density at radius 1 is 1.16 bits per heavy atom. The maximum absolute atomic E-state index is 12.7. The lowest BCUT2D eigenvalue weighted by Gasteiger charge is -2.14. The molecule has 0 aliphatic carbocycles. The van der Waals surface area contributed by atoms with Gasteiger partial charge >= 0.3 is 0 Å². The van der Waals surface area contributed by atoms with Crippen LogP contribution >= 0.6 is 12.2 Å². The van der Waals surface area contributed by atoms with Crippen LogP contribution in [0, 0.1) is 13.8 Å². The van der Waals surface area contributed by atoms with Gasteiger partial charge in [0.15, 0.2) is 5.11 Å². The standard InChI is InChI=1S/C24H28N4O2S/c1-16-17(2)28(15-18-7-4-3-5-8-18)22-11-10-19(13-21(16)22)23(29)26-27-24(31)25-14-20-9-6-12-30-20/h3-5,7-8,10-11,13,20H,6,9,12,14-15H2,1-2H3,(H,26,29)(H2,25,27,31). The molecule has 0 bridgehead atoms. The zero-order valence-corrected chi connectivity index (χ0v) is 18.7. The average Bonchev–Trinajstić information content (AvgIpc) is 3.40. The van der Waals surface area contributed by atoms with Crippen molar-refractivity contribution in [3.05, 3.63) is 70.9 Å². The van der Waals surface area contributed by atoms with E-state index in [0.717, 1.165) is 36.9 Å². The summed E-state index contributed by atoms with van der Waals surface area (Å²) in [5, 5.41) is 4.55. The normalized spacial score (nSPS) is 15.7. The van der Waals surface area contributed by atoms with Crippen LogP contribution in [-0.4, -0.2) is 34.8 Å². The van der Waals surface area contributed by atoms with Crippen molar-refractivity contribution in [3.63, 3.8) is 0 Å². The molecule has 31 heavy (non-hydrogen) atoms. The summed E-state index contributed by atoms with van der Waals surface area (Å²) < 4.78 is 7.86. The fraction of sp³-hybridized carbons (Fsp3) is 0.333. The maximum atomic E-state index is 12.7. The highest BCUT2D eigenvalue weighted by Crippen LogP contribution is 2.27. The monoisotopic (exact) mass is 436 g/mol. The van der Waals surface area contributed by atoms with Gasteiger partial charge in [-0.05, 0) is 68.2 Å². The minimum absolute atomic E-state index is 0.184. The van der Waals surface area contributed by atoms with Crippen molar-refractivity contribution in [2.24, 2.45) is 0 Å². The first kappa shape index (κ1) is 21.3. The molecule has 6 nitrogen and oxygen atoms in total. The molecule has 1 unspecified atom stereocenters.